The third-order valence-corrected chi connectivity index (χ3v) is 7.29. The maximum Gasteiger partial charge on any atom is 0.247 e. The molecule has 2 saturated heterocycles. The molecule has 2 fully saturated rings. The Balaban J connectivity index is 2.04. The number of anilines is 1. The van der Waals surface area contributed by atoms with E-state index in [9.17, 15) is 17.6 Å². The molecule has 2 aliphatic heterocycles. The lowest BCUT2D eigenvalue weighted by Gasteiger charge is -2.24. The number of halogens is 2. The molecule has 0 N–H and O–H groups in total. The van der Waals surface area contributed by atoms with Crippen LogP contribution in [0, 0.1) is 5.82 Å². The molecule has 0 bridgehead atoms. The molecule has 1 aromatic rings. The summed E-state index contributed by atoms with van der Waals surface area (Å²) >= 11 is 6.97. The third kappa shape index (κ3) is 3.25. The zero-order chi connectivity index (χ0) is 16.8. The number of sulfone groups is 1. The second kappa shape index (κ2) is 6.07. The van der Waals surface area contributed by atoms with Gasteiger partial charge in [-0.1, -0.05) is 30.3 Å². The predicted molar refractivity (Wildman–Crippen MR) is 90.4 cm³/mol. The van der Waals surface area contributed by atoms with E-state index in [1.807, 2.05) is 0 Å². The predicted octanol–water partition coefficient (Wildman–Crippen LogP) is 2.49. The minimum Gasteiger partial charge on any atom is -0.315 e. The van der Waals surface area contributed by atoms with Crippen molar-refractivity contribution >= 4 is 50.0 Å². The zero-order valence-electron chi connectivity index (χ0n) is 12.2. The molecule has 0 aliphatic carbocycles. The van der Waals surface area contributed by atoms with Crippen molar-refractivity contribution in [2.24, 2.45) is 4.99 Å². The molecule has 124 valence electrons. The molecule has 0 unspecified atom stereocenters. The van der Waals surface area contributed by atoms with Gasteiger partial charge in [0.15, 0.2) is 15.0 Å². The molecule has 23 heavy (non-hydrogen) atoms. The van der Waals surface area contributed by atoms with Crippen molar-refractivity contribution in [2.45, 2.75) is 24.6 Å². The molecule has 1 amide bonds. The normalized spacial score (nSPS) is 27.4. The number of nitrogens with zero attached hydrogens (tertiary/aromatic N) is 2. The molecular weight excluding hydrogens is 363 g/mol. The molecule has 0 radical (unpaired) electrons. The Hall–Kier alpha value is -1.12. The smallest absolute Gasteiger partial charge is 0.247 e. The number of aliphatic imine (C=N–C) groups is 1. The van der Waals surface area contributed by atoms with Gasteiger partial charge in [-0.25, -0.2) is 12.8 Å². The number of amides is 1. The lowest BCUT2D eigenvalue weighted by molar-refractivity contribution is -0.117. The number of benzene rings is 1. The maximum absolute atomic E-state index is 13.8. The molecule has 9 heteroatoms. The molecule has 0 saturated carbocycles. The molecule has 5 nitrogen and oxygen atoms in total. The number of amidine groups is 1. The van der Waals surface area contributed by atoms with Crippen LogP contribution >= 0.6 is 23.4 Å². The highest BCUT2D eigenvalue weighted by molar-refractivity contribution is 8.16. The van der Waals surface area contributed by atoms with E-state index in [-0.39, 0.29) is 40.1 Å². The van der Waals surface area contributed by atoms with E-state index >= 15 is 0 Å². The van der Waals surface area contributed by atoms with Gasteiger partial charge < -0.3 is 4.90 Å². The quantitative estimate of drug-likeness (QED) is 0.793. The highest BCUT2D eigenvalue weighted by atomic mass is 35.5. The van der Waals surface area contributed by atoms with Crippen LogP contribution in [0.4, 0.5) is 10.1 Å². The Morgan fingerprint density at radius 2 is 2.22 bits per heavy atom. The van der Waals surface area contributed by atoms with Crippen LogP contribution in [0.3, 0.4) is 0 Å². The van der Waals surface area contributed by atoms with Crippen LogP contribution in [0.15, 0.2) is 23.2 Å². The second-order valence-corrected chi connectivity index (χ2v) is 9.18. The van der Waals surface area contributed by atoms with E-state index < -0.39 is 15.7 Å². The first-order chi connectivity index (χ1) is 10.8. The number of carbonyl (C=O) groups excluding carboxylic acids is 1. The van der Waals surface area contributed by atoms with Crippen molar-refractivity contribution in [2.75, 3.05) is 16.4 Å². The van der Waals surface area contributed by atoms with Crippen LogP contribution < -0.4 is 4.90 Å². The number of carbonyl (C=O) groups is 1. The standard InChI is InChI=1S/C14H14ClFN2O3S2/c1-2-13(19)17-14-18(8-3-4-9(15)10(16)5-8)11-6-23(20,21)7-12(11)22-14/h3-5,11-12H,2,6-7H2,1H3/t11-,12+/m1/s1. The third-order valence-electron chi connectivity index (χ3n) is 3.77. The topological polar surface area (TPSA) is 66.8 Å². The van der Waals surface area contributed by atoms with Gasteiger partial charge in [0.25, 0.3) is 0 Å². The molecule has 2 atom stereocenters. The van der Waals surface area contributed by atoms with Crippen molar-refractivity contribution in [3.8, 4) is 0 Å². The average molecular weight is 377 g/mol. The summed E-state index contributed by atoms with van der Waals surface area (Å²) < 4.78 is 37.6. The fourth-order valence-corrected chi connectivity index (χ4v) is 6.74. The molecule has 2 heterocycles. The maximum atomic E-state index is 13.8. The zero-order valence-corrected chi connectivity index (χ0v) is 14.6. The van der Waals surface area contributed by atoms with Gasteiger partial charge in [-0.2, -0.15) is 4.99 Å². The van der Waals surface area contributed by atoms with E-state index in [0.717, 1.165) is 0 Å². The van der Waals surface area contributed by atoms with Crippen molar-refractivity contribution in [3.63, 3.8) is 0 Å². The summed E-state index contributed by atoms with van der Waals surface area (Å²) in [5, 5.41) is 0.199. The summed E-state index contributed by atoms with van der Waals surface area (Å²) in [6.07, 6.45) is 0.251. The van der Waals surface area contributed by atoms with Crippen LogP contribution in [0.5, 0.6) is 0 Å². The molecule has 0 aromatic heterocycles. The van der Waals surface area contributed by atoms with E-state index in [4.69, 9.17) is 11.6 Å². The minimum absolute atomic E-state index is 0.0145. The Labute approximate surface area is 142 Å². The Bertz CT molecular complexity index is 797. The van der Waals surface area contributed by atoms with Gasteiger partial charge in [0, 0.05) is 17.4 Å². The fraction of sp³-hybridized carbons (Fsp3) is 0.429. The Morgan fingerprint density at radius 3 is 2.87 bits per heavy atom. The highest BCUT2D eigenvalue weighted by Crippen LogP contribution is 2.41. The van der Waals surface area contributed by atoms with Crippen LogP contribution in [-0.4, -0.2) is 42.3 Å². The molecule has 2 aliphatic rings. The number of thioether (sulfide) groups is 1. The fourth-order valence-electron chi connectivity index (χ4n) is 2.69. The summed E-state index contributed by atoms with van der Waals surface area (Å²) in [4.78, 5) is 17.4. The number of rotatable bonds is 2. The van der Waals surface area contributed by atoms with E-state index in [1.165, 1.54) is 23.9 Å². The van der Waals surface area contributed by atoms with Crippen LogP contribution in [0.25, 0.3) is 0 Å². The molecular formula is C14H14ClFN2O3S2. The highest BCUT2D eigenvalue weighted by Gasteiger charge is 2.49. The SMILES string of the molecule is CCC(=O)N=C1S[C@H]2CS(=O)(=O)C[C@H]2N1c1ccc(Cl)c(F)c1. The van der Waals surface area contributed by atoms with Crippen molar-refractivity contribution < 1.29 is 17.6 Å². The number of hydrogen-bond acceptors (Lipinski definition) is 4. The van der Waals surface area contributed by atoms with Crippen LogP contribution in [0.2, 0.25) is 5.02 Å². The van der Waals surface area contributed by atoms with Crippen molar-refractivity contribution in [1.82, 2.24) is 0 Å². The van der Waals surface area contributed by atoms with Crippen LogP contribution in [0.1, 0.15) is 13.3 Å². The van der Waals surface area contributed by atoms with Gasteiger partial charge in [0.2, 0.25) is 5.91 Å². The summed E-state index contributed by atoms with van der Waals surface area (Å²) in [6.45, 7) is 1.70. The summed E-state index contributed by atoms with van der Waals surface area (Å²) in [6, 6.07) is 3.90. The van der Waals surface area contributed by atoms with E-state index in [2.05, 4.69) is 4.99 Å². The monoisotopic (exact) mass is 376 g/mol. The van der Waals surface area contributed by atoms with Crippen LogP contribution in [-0.2, 0) is 14.6 Å². The lowest BCUT2D eigenvalue weighted by Crippen LogP contribution is -2.37. The minimum atomic E-state index is -3.14. The van der Waals surface area contributed by atoms with Gasteiger partial charge in [-0.05, 0) is 18.2 Å². The number of hydrogen-bond donors (Lipinski definition) is 0. The van der Waals surface area contributed by atoms with E-state index in [1.54, 1.807) is 17.9 Å². The summed E-state index contributed by atoms with van der Waals surface area (Å²) in [7, 11) is -3.14. The molecule has 0 spiro atoms. The lowest BCUT2D eigenvalue weighted by atomic mass is 10.2. The average Bonchev–Trinajstić information content (AvgIpc) is 2.93. The first-order valence-corrected chi connectivity index (χ1v) is 10.1. The van der Waals surface area contributed by atoms with Gasteiger partial charge >= 0.3 is 0 Å². The molecule has 1 aromatic carbocycles. The van der Waals surface area contributed by atoms with Crippen molar-refractivity contribution in [3.05, 3.63) is 29.0 Å². The van der Waals surface area contributed by atoms with E-state index in [0.29, 0.717) is 10.9 Å². The van der Waals surface area contributed by atoms with Gasteiger partial charge in [0.1, 0.15) is 5.82 Å². The largest absolute Gasteiger partial charge is 0.315 e. The van der Waals surface area contributed by atoms with Gasteiger partial charge in [-0.15, -0.1) is 0 Å². The first kappa shape index (κ1) is 16.7. The summed E-state index contributed by atoms with van der Waals surface area (Å²) in [5.74, 6) is -0.892. The molecule has 3 rings (SSSR count). The van der Waals surface area contributed by atoms with Gasteiger partial charge in [-0.3, -0.25) is 4.79 Å². The van der Waals surface area contributed by atoms with Crippen molar-refractivity contribution in [1.29, 1.82) is 0 Å². The second-order valence-electron chi connectivity index (χ2n) is 5.41. The first-order valence-electron chi connectivity index (χ1n) is 7.03. The Kier molecular flexibility index (Phi) is 4.41. The Morgan fingerprint density at radius 1 is 1.48 bits per heavy atom. The van der Waals surface area contributed by atoms with Gasteiger partial charge in [0.05, 0.1) is 22.6 Å². The number of fused-ring (bicyclic) bond motifs is 1. The summed E-state index contributed by atoms with van der Waals surface area (Å²) in [5.41, 5.74) is 0.451.